The molecule has 0 aliphatic carbocycles. The number of nitrogens with one attached hydrogen (secondary N) is 1. The largest absolute Gasteiger partial charge is 0.497 e. The maximum absolute atomic E-state index is 14.3. The fraction of sp³-hybridized carbons (Fsp3) is 0.125. The normalized spacial score (nSPS) is 13.7. The highest BCUT2D eigenvalue weighted by Gasteiger charge is 2.24. The highest BCUT2D eigenvalue weighted by molar-refractivity contribution is 6.45. The molecule has 0 saturated heterocycles. The molecule has 1 N–H and O–H groups in total. The highest BCUT2D eigenvalue weighted by Crippen LogP contribution is 2.35. The van der Waals surface area contributed by atoms with Crippen molar-refractivity contribution in [1.82, 2.24) is 0 Å². The Morgan fingerprint density at radius 1 is 1.26 bits per heavy atom. The van der Waals surface area contributed by atoms with Gasteiger partial charge in [0.15, 0.2) is 0 Å². The molecule has 0 atom stereocenters. The molecular weight excluding hydrogens is 342 g/mol. The number of aliphatic imine (C=N–C) groups is 1. The molecule has 1 aliphatic rings. The number of benzodiazepines with no additional fused rings is 1. The number of amides is 1. The van der Waals surface area contributed by atoms with Gasteiger partial charge in [0.2, 0.25) is 5.91 Å². The van der Waals surface area contributed by atoms with Gasteiger partial charge in [-0.15, -0.1) is 0 Å². The molecule has 2 aromatic rings. The number of anilines is 1. The van der Waals surface area contributed by atoms with Crippen molar-refractivity contribution in [2.24, 2.45) is 4.99 Å². The Bertz CT molecular complexity index is 837. The molecule has 0 radical (unpaired) electrons. The Morgan fingerprint density at radius 2 is 2.04 bits per heavy atom. The van der Waals surface area contributed by atoms with Gasteiger partial charge in [-0.25, -0.2) is 4.39 Å². The van der Waals surface area contributed by atoms with Crippen molar-refractivity contribution in [3.63, 3.8) is 0 Å². The summed E-state index contributed by atoms with van der Waals surface area (Å²) in [6.45, 7) is -0.144. The van der Waals surface area contributed by atoms with Crippen LogP contribution < -0.4 is 10.1 Å². The summed E-state index contributed by atoms with van der Waals surface area (Å²) in [6, 6.07) is 7.45. The lowest BCUT2D eigenvalue weighted by molar-refractivity contribution is -0.114. The van der Waals surface area contributed by atoms with Crippen molar-refractivity contribution >= 4 is 40.5 Å². The zero-order valence-electron chi connectivity index (χ0n) is 12.0. The molecule has 0 aromatic heterocycles. The predicted octanol–water partition coefficient (Wildman–Crippen LogP) is 3.93. The van der Waals surface area contributed by atoms with E-state index in [4.69, 9.17) is 27.9 Å². The Hall–Kier alpha value is -2.11. The standard InChI is InChI=1S/C16H11Cl2FN2O2/c1-23-8-2-4-11(19)9(6-8)16-14-12(21-13(22)7-20-16)5-3-10(17)15(14)18/h2-6H,7H2,1H3,(H,21,22). The minimum Gasteiger partial charge on any atom is -0.497 e. The van der Waals surface area contributed by atoms with Gasteiger partial charge in [0.05, 0.1) is 28.6 Å². The first-order valence-corrected chi connectivity index (χ1v) is 7.43. The van der Waals surface area contributed by atoms with E-state index in [2.05, 4.69) is 10.3 Å². The number of benzene rings is 2. The minimum atomic E-state index is -0.499. The predicted molar refractivity (Wildman–Crippen MR) is 88.5 cm³/mol. The van der Waals surface area contributed by atoms with Crippen LogP contribution in [0.3, 0.4) is 0 Å². The summed E-state index contributed by atoms with van der Waals surface area (Å²) in [7, 11) is 1.48. The van der Waals surface area contributed by atoms with Crippen molar-refractivity contribution < 1.29 is 13.9 Å². The van der Waals surface area contributed by atoms with Gasteiger partial charge in [0, 0.05) is 11.1 Å². The van der Waals surface area contributed by atoms with Crippen molar-refractivity contribution in [2.45, 2.75) is 0 Å². The van der Waals surface area contributed by atoms with Crippen LogP contribution in [0.25, 0.3) is 0 Å². The lowest BCUT2D eigenvalue weighted by Gasteiger charge is -2.14. The van der Waals surface area contributed by atoms with Gasteiger partial charge in [-0.3, -0.25) is 9.79 Å². The van der Waals surface area contributed by atoms with Crippen LogP contribution >= 0.6 is 23.2 Å². The maximum atomic E-state index is 14.3. The fourth-order valence-corrected chi connectivity index (χ4v) is 2.75. The Morgan fingerprint density at radius 3 is 2.78 bits per heavy atom. The van der Waals surface area contributed by atoms with Gasteiger partial charge < -0.3 is 10.1 Å². The van der Waals surface area contributed by atoms with E-state index < -0.39 is 5.82 Å². The molecule has 3 rings (SSSR count). The molecule has 1 heterocycles. The Labute approximate surface area is 141 Å². The third-order valence-electron chi connectivity index (χ3n) is 3.42. The van der Waals surface area contributed by atoms with Crippen molar-refractivity contribution in [3.05, 3.63) is 57.3 Å². The number of halogens is 3. The Kier molecular flexibility index (Phi) is 4.24. The summed E-state index contributed by atoms with van der Waals surface area (Å²) in [5.41, 5.74) is 1.26. The average molecular weight is 353 g/mol. The van der Waals surface area contributed by atoms with Crippen LogP contribution in [0.4, 0.5) is 10.1 Å². The molecular formula is C16H11Cl2FN2O2. The molecule has 0 fully saturated rings. The van der Waals surface area contributed by atoms with E-state index in [1.165, 1.54) is 25.3 Å². The smallest absolute Gasteiger partial charge is 0.246 e. The number of carbonyl (C=O) groups excluding carboxylic acids is 1. The first-order chi connectivity index (χ1) is 11.0. The topological polar surface area (TPSA) is 50.7 Å². The van der Waals surface area contributed by atoms with E-state index in [-0.39, 0.29) is 33.8 Å². The number of nitrogens with zero attached hydrogens (tertiary/aromatic N) is 1. The van der Waals surface area contributed by atoms with Gasteiger partial charge in [-0.05, 0) is 30.3 Å². The molecule has 118 valence electrons. The van der Waals surface area contributed by atoms with Crippen LogP contribution in [0.1, 0.15) is 11.1 Å². The minimum absolute atomic E-state index is 0.144. The lowest BCUT2D eigenvalue weighted by Crippen LogP contribution is -2.13. The molecule has 0 spiro atoms. The number of ether oxygens (including phenoxy) is 1. The second-order valence-corrected chi connectivity index (χ2v) is 5.63. The van der Waals surface area contributed by atoms with E-state index in [0.29, 0.717) is 17.0 Å². The molecule has 4 nitrogen and oxygen atoms in total. The first-order valence-electron chi connectivity index (χ1n) is 6.68. The van der Waals surface area contributed by atoms with Gasteiger partial charge in [-0.2, -0.15) is 0 Å². The highest BCUT2D eigenvalue weighted by atomic mass is 35.5. The lowest BCUT2D eigenvalue weighted by atomic mass is 9.99. The van der Waals surface area contributed by atoms with Gasteiger partial charge >= 0.3 is 0 Å². The Balaban J connectivity index is 2.28. The number of hydrogen-bond acceptors (Lipinski definition) is 3. The van der Waals surface area contributed by atoms with Gasteiger partial charge in [0.25, 0.3) is 0 Å². The van der Waals surface area contributed by atoms with Crippen LogP contribution in [0.5, 0.6) is 5.75 Å². The second kappa shape index (κ2) is 6.18. The van der Waals surface area contributed by atoms with Crippen molar-refractivity contribution in [2.75, 3.05) is 19.0 Å². The summed E-state index contributed by atoms with van der Waals surface area (Å²) >= 11 is 12.4. The SMILES string of the molecule is COc1ccc(F)c(C2=NCC(=O)Nc3ccc(Cl)c(Cl)c32)c1. The molecule has 23 heavy (non-hydrogen) atoms. The molecule has 0 saturated carbocycles. The van der Waals surface area contributed by atoms with Gasteiger partial charge in [0.1, 0.15) is 18.1 Å². The summed E-state index contributed by atoms with van der Waals surface area (Å²) in [6.07, 6.45) is 0. The van der Waals surface area contributed by atoms with Crippen LogP contribution in [0.15, 0.2) is 35.3 Å². The monoisotopic (exact) mass is 352 g/mol. The van der Waals surface area contributed by atoms with Crippen LogP contribution in [-0.4, -0.2) is 25.3 Å². The van der Waals surface area contributed by atoms with Gasteiger partial charge in [-0.1, -0.05) is 23.2 Å². The van der Waals surface area contributed by atoms with Crippen LogP contribution in [0, 0.1) is 5.82 Å². The summed E-state index contributed by atoms with van der Waals surface area (Å²) in [5.74, 6) is -0.351. The molecule has 7 heteroatoms. The molecule has 2 aromatic carbocycles. The van der Waals surface area contributed by atoms with Crippen LogP contribution in [0.2, 0.25) is 10.0 Å². The van der Waals surface area contributed by atoms with Crippen LogP contribution in [-0.2, 0) is 4.79 Å². The first kappa shape index (κ1) is 15.8. The van der Waals surface area contributed by atoms with E-state index >= 15 is 0 Å². The van der Waals surface area contributed by atoms with E-state index in [1.54, 1.807) is 12.1 Å². The van der Waals surface area contributed by atoms with E-state index in [1.807, 2.05) is 0 Å². The number of rotatable bonds is 2. The maximum Gasteiger partial charge on any atom is 0.246 e. The van der Waals surface area contributed by atoms with E-state index in [9.17, 15) is 9.18 Å². The number of hydrogen-bond donors (Lipinski definition) is 1. The molecule has 0 bridgehead atoms. The third kappa shape index (κ3) is 2.90. The molecule has 0 unspecified atom stereocenters. The van der Waals surface area contributed by atoms with Crippen molar-refractivity contribution in [1.29, 1.82) is 0 Å². The number of carbonyl (C=O) groups is 1. The fourth-order valence-electron chi connectivity index (χ4n) is 2.34. The third-order valence-corrected chi connectivity index (χ3v) is 4.22. The zero-order valence-corrected chi connectivity index (χ0v) is 13.5. The second-order valence-electron chi connectivity index (χ2n) is 4.84. The average Bonchev–Trinajstić information content (AvgIpc) is 2.71. The quantitative estimate of drug-likeness (QED) is 0.889. The van der Waals surface area contributed by atoms with Crippen molar-refractivity contribution in [3.8, 4) is 5.75 Å². The zero-order chi connectivity index (χ0) is 16.6. The molecule has 1 aliphatic heterocycles. The molecule has 1 amide bonds. The number of fused-ring (bicyclic) bond motifs is 1. The number of methoxy groups -OCH3 is 1. The van der Waals surface area contributed by atoms with E-state index in [0.717, 1.165) is 0 Å². The summed E-state index contributed by atoms with van der Waals surface area (Å²) in [5, 5.41) is 3.18. The summed E-state index contributed by atoms with van der Waals surface area (Å²) in [4.78, 5) is 16.0. The summed E-state index contributed by atoms with van der Waals surface area (Å²) < 4.78 is 19.5.